The minimum atomic E-state index is -1.20. The molecule has 0 saturated carbocycles. The molecule has 1 saturated heterocycles. The van der Waals surface area contributed by atoms with Gasteiger partial charge < -0.3 is 14.7 Å². The van der Waals surface area contributed by atoms with Gasteiger partial charge in [0, 0.05) is 6.54 Å². The van der Waals surface area contributed by atoms with Crippen LogP contribution in [0.3, 0.4) is 0 Å². The van der Waals surface area contributed by atoms with Gasteiger partial charge in [0.15, 0.2) is 6.10 Å². The lowest BCUT2D eigenvalue weighted by atomic mass is 9.97. The van der Waals surface area contributed by atoms with Crippen LogP contribution in [0.4, 0.5) is 4.39 Å². The van der Waals surface area contributed by atoms with Crippen molar-refractivity contribution in [3.63, 3.8) is 0 Å². The van der Waals surface area contributed by atoms with Crippen molar-refractivity contribution in [2.45, 2.75) is 19.1 Å². The molecule has 2 rings (SSSR count). The highest BCUT2D eigenvalue weighted by Gasteiger charge is 2.41. The van der Waals surface area contributed by atoms with Gasteiger partial charge in [0.05, 0.1) is 11.1 Å². The first-order valence-corrected chi connectivity index (χ1v) is 6.42. The maximum absolute atomic E-state index is 13.2. The van der Waals surface area contributed by atoms with Gasteiger partial charge in [0.1, 0.15) is 12.4 Å². The highest BCUT2D eigenvalue weighted by Crippen LogP contribution is 2.32. The molecular weight excluding hydrogens is 289 g/mol. The molecule has 2 unspecified atom stereocenters. The lowest BCUT2D eigenvalue weighted by molar-refractivity contribution is -0.172. The van der Waals surface area contributed by atoms with Gasteiger partial charge in [-0.3, -0.25) is 4.79 Å². The van der Waals surface area contributed by atoms with Gasteiger partial charge in [0.2, 0.25) is 5.91 Å². The predicted octanol–water partition coefficient (Wildman–Crippen LogP) is 1.85. The number of hydrogen-bond acceptors (Lipinski definition) is 3. The van der Waals surface area contributed by atoms with Gasteiger partial charge in [-0.2, -0.15) is 0 Å². The molecule has 0 aromatic heterocycles. The third kappa shape index (κ3) is 2.62. The Hall–Kier alpha value is -1.66. The largest absolute Gasteiger partial charge is 0.479 e. The third-order valence-corrected chi connectivity index (χ3v) is 3.49. The normalized spacial score (nSPS) is 22.9. The Kier molecular flexibility index (Phi) is 4.25. The van der Waals surface area contributed by atoms with Crippen molar-refractivity contribution < 1.29 is 23.8 Å². The fourth-order valence-corrected chi connectivity index (χ4v) is 2.47. The second kappa shape index (κ2) is 5.76. The first-order chi connectivity index (χ1) is 9.45. The van der Waals surface area contributed by atoms with E-state index >= 15 is 0 Å². The van der Waals surface area contributed by atoms with Crippen molar-refractivity contribution in [3.8, 4) is 0 Å². The first-order valence-electron chi connectivity index (χ1n) is 6.04. The molecule has 1 aliphatic heterocycles. The Labute approximate surface area is 119 Å². The number of carbonyl (C=O) groups is 2. The summed E-state index contributed by atoms with van der Waals surface area (Å²) in [5.74, 6) is -2.09. The van der Waals surface area contributed by atoms with Crippen molar-refractivity contribution in [2.24, 2.45) is 0 Å². The Bertz CT molecular complexity index is 549. The van der Waals surface area contributed by atoms with Gasteiger partial charge >= 0.3 is 5.97 Å². The van der Waals surface area contributed by atoms with E-state index in [4.69, 9.17) is 16.3 Å². The number of rotatable bonds is 3. The minimum Gasteiger partial charge on any atom is -0.479 e. The fourth-order valence-electron chi connectivity index (χ4n) is 2.28. The molecule has 1 heterocycles. The van der Waals surface area contributed by atoms with E-state index in [2.05, 4.69) is 0 Å². The molecule has 108 valence electrons. The number of aliphatic carboxylic acids is 1. The van der Waals surface area contributed by atoms with Crippen molar-refractivity contribution in [1.29, 1.82) is 0 Å². The van der Waals surface area contributed by atoms with Gasteiger partial charge in [-0.1, -0.05) is 17.7 Å². The molecule has 7 heteroatoms. The molecule has 2 atom stereocenters. The van der Waals surface area contributed by atoms with Crippen molar-refractivity contribution in [2.75, 3.05) is 13.2 Å². The summed E-state index contributed by atoms with van der Waals surface area (Å²) in [5, 5.41) is 9.10. The molecule has 5 nitrogen and oxygen atoms in total. The zero-order valence-electron chi connectivity index (χ0n) is 10.7. The molecule has 0 radical (unpaired) electrons. The molecule has 1 amide bonds. The number of carboxylic acid groups (broad SMARTS) is 1. The summed E-state index contributed by atoms with van der Waals surface area (Å²) in [5.41, 5.74) is 0.429. The van der Waals surface area contributed by atoms with E-state index < -0.39 is 23.9 Å². The minimum absolute atomic E-state index is 0.124. The quantitative estimate of drug-likeness (QED) is 0.925. The summed E-state index contributed by atoms with van der Waals surface area (Å²) >= 11 is 5.72. The average Bonchev–Trinajstić information content (AvgIpc) is 2.41. The monoisotopic (exact) mass is 301 g/mol. The topological polar surface area (TPSA) is 66.8 Å². The van der Waals surface area contributed by atoms with Crippen LogP contribution in [0, 0.1) is 5.82 Å². The second-order valence-corrected chi connectivity index (χ2v) is 4.78. The lowest BCUT2D eigenvalue weighted by Crippen LogP contribution is -2.51. The van der Waals surface area contributed by atoms with Gasteiger partial charge in [-0.25, -0.2) is 9.18 Å². The SMILES string of the molecule is CCN1C(=O)COC(C(=O)O)C1c1ccc(F)c(Cl)c1. The summed E-state index contributed by atoms with van der Waals surface area (Å²) in [7, 11) is 0. The number of morpholine rings is 1. The summed E-state index contributed by atoms with van der Waals surface area (Å²) < 4.78 is 18.3. The molecule has 1 fully saturated rings. The molecule has 0 aliphatic carbocycles. The third-order valence-electron chi connectivity index (χ3n) is 3.20. The first kappa shape index (κ1) is 14.7. The number of carboxylic acids is 1. The number of ether oxygens (including phenoxy) is 1. The van der Waals surface area contributed by atoms with E-state index in [-0.39, 0.29) is 17.5 Å². The predicted molar refractivity (Wildman–Crippen MR) is 68.9 cm³/mol. The van der Waals surface area contributed by atoms with Crippen molar-refractivity contribution in [3.05, 3.63) is 34.6 Å². The molecule has 1 aliphatic rings. The Morgan fingerprint density at radius 1 is 1.60 bits per heavy atom. The average molecular weight is 302 g/mol. The van der Waals surface area contributed by atoms with Gasteiger partial charge in [0.25, 0.3) is 0 Å². The van der Waals surface area contributed by atoms with Crippen LogP contribution in [0.25, 0.3) is 0 Å². The zero-order valence-corrected chi connectivity index (χ0v) is 11.4. The Morgan fingerprint density at radius 2 is 2.30 bits per heavy atom. The zero-order chi connectivity index (χ0) is 14.9. The van der Waals surface area contributed by atoms with Crippen LogP contribution >= 0.6 is 11.6 Å². The van der Waals surface area contributed by atoms with Crippen LogP contribution in [0.2, 0.25) is 5.02 Å². The van der Waals surface area contributed by atoms with Crippen LogP contribution in [0.15, 0.2) is 18.2 Å². The van der Waals surface area contributed by atoms with E-state index in [1.807, 2.05) is 0 Å². The number of halogens is 2. The van der Waals surface area contributed by atoms with Crippen LogP contribution in [-0.2, 0) is 14.3 Å². The van der Waals surface area contributed by atoms with Crippen LogP contribution < -0.4 is 0 Å². The summed E-state index contributed by atoms with van der Waals surface area (Å²) in [6.07, 6.45) is -1.20. The summed E-state index contributed by atoms with van der Waals surface area (Å²) in [6.45, 7) is 1.78. The molecular formula is C13H13ClFNO4. The Morgan fingerprint density at radius 3 is 2.85 bits per heavy atom. The van der Waals surface area contributed by atoms with E-state index in [1.165, 1.54) is 17.0 Å². The maximum Gasteiger partial charge on any atom is 0.335 e. The summed E-state index contributed by atoms with van der Waals surface area (Å²) in [4.78, 5) is 24.5. The van der Waals surface area contributed by atoms with Gasteiger partial charge in [-0.05, 0) is 24.6 Å². The Balaban J connectivity index is 2.46. The number of likely N-dealkylation sites (N-methyl/N-ethyl adjacent to an activating group) is 1. The van der Waals surface area contributed by atoms with E-state index in [0.29, 0.717) is 12.1 Å². The molecule has 0 spiro atoms. The number of benzene rings is 1. The standard InChI is InChI=1S/C13H13ClFNO4/c1-2-16-10(17)6-20-12(13(18)19)11(16)7-3-4-9(15)8(14)5-7/h3-5,11-12H,2,6H2,1H3,(H,18,19). The highest BCUT2D eigenvalue weighted by molar-refractivity contribution is 6.30. The number of carbonyl (C=O) groups excluding carboxylic acids is 1. The molecule has 0 bridgehead atoms. The van der Waals surface area contributed by atoms with Crippen LogP contribution in [0.5, 0.6) is 0 Å². The number of hydrogen-bond donors (Lipinski definition) is 1. The van der Waals surface area contributed by atoms with Crippen LogP contribution in [0.1, 0.15) is 18.5 Å². The molecule has 1 N–H and O–H groups in total. The molecule has 1 aromatic carbocycles. The molecule has 20 heavy (non-hydrogen) atoms. The van der Waals surface area contributed by atoms with Crippen LogP contribution in [-0.4, -0.2) is 41.1 Å². The fraction of sp³-hybridized carbons (Fsp3) is 0.385. The second-order valence-electron chi connectivity index (χ2n) is 4.37. The van der Waals surface area contributed by atoms with E-state index in [9.17, 15) is 19.1 Å². The van der Waals surface area contributed by atoms with E-state index in [1.54, 1.807) is 6.92 Å². The van der Waals surface area contributed by atoms with Crippen molar-refractivity contribution in [1.82, 2.24) is 4.90 Å². The highest BCUT2D eigenvalue weighted by atomic mass is 35.5. The van der Waals surface area contributed by atoms with Crippen molar-refractivity contribution >= 4 is 23.5 Å². The lowest BCUT2D eigenvalue weighted by Gasteiger charge is -2.39. The smallest absolute Gasteiger partial charge is 0.335 e. The number of amides is 1. The molecule has 1 aromatic rings. The number of nitrogens with zero attached hydrogens (tertiary/aromatic N) is 1. The van der Waals surface area contributed by atoms with E-state index in [0.717, 1.165) is 6.07 Å². The maximum atomic E-state index is 13.2. The van der Waals surface area contributed by atoms with Gasteiger partial charge in [-0.15, -0.1) is 0 Å². The summed E-state index contributed by atoms with van der Waals surface area (Å²) in [6, 6.07) is 3.05.